The zero-order valence-electron chi connectivity index (χ0n) is 10.2. The van der Waals surface area contributed by atoms with Gasteiger partial charge in [0.1, 0.15) is 5.82 Å². The van der Waals surface area contributed by atoms with Crippen LogP contribution in [-0.4, -0.2) is 18.7 Å². The third kappa shape index (κ3) is 2.95. The van der Waals surface area contributed by atoms with Gasteiger partial charge < -0.3 is 10.0 Å². The monoisotopic (exact) mass is 225 g/mol. The molecule has 1 aromatic rings. The summed E-state index contributed by atoms with van der Waals surface area (Å²) < 4.78 is 13.7. The number of aliphatic hydroxyl groups is 1. The highest BCUT2D eigenvalue weighted by Gasteiger charge is 2.13. The van der Waals surface area contributed by atoms with Gasteiger partial charge in [0, 0.05) is 19.2 Å². The van der Waals surface area contributed by atoms with Crippen molar-refractivity contribution in [2.45, 2.75) is 26.9 Å². The molecule has 3 heteroatoms. The van der Waals surface area contributed by atoms with Gasteiger partial charge in [-0.15, -0.1) is 0 Å². The molecule has 0 fully saturated rings. The van der Waals surface area contributed by atoms with Gasteiger partial charge in [0.25, 0.3) is 0 Å². The summed E-state index contributed by atoms with van der Waals surface area (Å²) in [5, 5.41) is 9.19. The lowest BCUT2D eigenvalue weighted by Crippen LogP contribution is -2.25. The normalized spacial score (nSPS) is 12.6. The fraction of sp³-hybridized carbons (Fsp3) is 0.538. The van der Waals surface area contributed by atoms with Crippen molar-refractivity contribution < 1.29 is 9.50 Å². The average molecular weight is 225 g/mol. The van der Waals surface area contributed by atoms with E-state index in [2.05, 4.69) is 13.8 Å². The van der Waals surface area contributed by atoms with Crippen LogP contribution in [0.3, 0.4) is 0 Å². The topological polar surface area (TPSA) is 23.5 Å². The Balaban J connectivity index is 2.93. The summed E-state index contributed by atoms with van der Waals surface area (Å²) in [6.45, 7) is 4.92. The summed E-state index contributed by atoms with van der Waals surface area (Å²) >= 11 is 0. The minimum atomic E-state index is -0.266. The molecule has 1 unspecified atom stereocenters. The molecule has 0 amide bonds. The molecule has 0 saturated heterocycles. The molecule has 1 N–H and O–H groups in total. The van der Waals surface area contributed by atoms with E-state index in [1.807, 2.05) is 11.9 Å². The first-order chi connectivity index (χ1) is 7.60. The van der Waals surface area contributed by atoms with E-state index in [1.54, 1.807) is 12.1 Å². The van der Waals surface area contributed by atoms with Crippen LogP contribution in [0.4, 0.5) is 10.1 Å². The Kier molecular flexibility index (Phi) is 4.74. The quantitative estimate of drug-likeness (QED) is 0.833. The standard InChI is InChI=1S/C13H20FNO/c1-4-10(2)8-15(3)13-11(9-16)6-5-7-12(13)14/h5-7,10,16H,4,8-9H2,1-3H3. The van der Waals surface area contributed by atoms with Crippen LogP contribution in [-0.2, 0) is 6.61 Å². The van der Waals surface area contributed by atoms with Crippen LogP contribution in [0, 0.1) is 11.7 Å². The molecule has 0 heterocycles. The van der Waals surface area contributed by atoms with Crippen LogP contribution in [0.1, 0.15) is 25.8 Å². The van der Waals surface area contributed by atoms with E-state index >= 15 is 0 Å². The van der Waals surface area contributed by atoms with Gasteiger partial charge in [-0.3, -0.25) is 0 Å². The SMILES string of the molecule is CCC(C)CN(C)c1c(F)cccc1CO. The van der Waals surface area contributed by atoms with Crippen molar-refractivity contribution in [2.24, 2.45) is 5.92 Å². The highest BCUT2D eigenvalue weighted by atomic mass is 19.1. The molecular weight excluding hydrogens is 205 g/mol. The van der Waals surface area contributed by atoms with Crippen molar-refractivity contribution in [2.75, 3.05) is 18.5 Å². The lowest BCUT2D eigenvalue weighted by atomic mass is 10.1. The van der Waals surface area contributed by atoms with Gasteiger partial charge in [-0.1, -0.05) is 32.4 Å². The summed E-state index contributed by atoms with van der Waals surface area (Å²) in [6, 6.07) is 4.81. The molecule has 1 rings (SSSR count). The van der Waals surface area contributed by atoms with Gasteiger partial charge in [-0.2, -0.15) is 0 Å². The molecular formula is C13H20FNO. The maximum Gasteiger partial charge on any atom is 0.146 e. The zero-order valence-corrected chi connectivity index (χ0v) is 10.2. The summed E-state index contributed by atoms with van der Waals surface area (Å²) in [7, 11) is 1.86. The largest absolute Gasteiger partial charge is 0.392 e. The van der Waals surface area contributed by atoms with Gasteiger partial charge >= 0.3 is 0 Å². The molecule has 0 aliphatic carbocycles. The number of hydrogen-bond acceptors (Lipinski definition) is 2. The molecule has 1 atom stereocenters. The molecule has 0 bridgehead atoms. The third-order valence-corrected chi connectivity index (χ3v) is 2.90. The smallest absolute Gasteiger partial charge is 0.146 e. The molecule has 0 saturated carbocycles. The van der Waals surface area contributed by atoms with Crippen LogP contribution in [0.2, 0.25) is 0 Å². The van der Waals surface area contributed by atoms with Crippen LogP contribution in [0.5, 0.6) is 0 Å². The molecule has 0 aliphatic heterocycles. The van der Waals surface area contributed by atoms with Gasteiger partial charge in [-0.25, -0.2) is 4.39 Å². The number of aliphatic hydroxyl groups excluding tert-OH is 1. The van der Waals surface area contributed by atoms with Gasteiger partial charge in [0.2, 0.25) is 0 Å². The lowest BCUT2D eigenvalue weighted by Gasteiger charge is -2.25. The van der Waals surface area contributed by atoms with Crippen LogP contribution in [0.15, 0.2) is 18.2 Å². The molecule has 1 aromatic carbocycles. The third-order valence-electron chi connectivity index (χ3n) is 2.90. The summed E-state index contributed by atoms with van der Waals surface area (Å²) in [6.07, 6.45) is 1.06. The fourth-order valence-corrected chi connectivity index (χ4v) is 1.80. The van der Waals surface area contributed by atoms with Crippen molar-refractivity contribution in [1.29, 1.82) is 0 Å². The highest BCUT2D eigenvalue weighted by molar-refractivity contribution is 5.54. The van der Waals surface area contributed by atoms with Crippen LogP contribution in [0.25, 0.3) is 0 Å². The highest BCUT2D eigenvalue weighted by Crippen LogP contribution is 2.24. The predicted molar refractivity (Wildman–Crippen MR) is 65.0 cm³/mol. The van der Waals surface area contributed by atoms with Crippen molar-refractivity contribution in [3.05, 3.63) is 29.6 Å². The number of para-hydroxylation sites is 1. The Labute approximate surface area is 96.7 Å². The number of anilines is 1. The maximum absolute atomic E-state index is 13.7. The molecule has 90 valence electrons. The predicted octanol–water partition coefficient (Wildman–Crippen LogP) is 2.80. The number of benzene rings is 1. The second-order valence-electron chi connectivity index (χ2n) is 4.30. The Morgan fingerprint density at radius 2 is 2.12 bits per heavy atom. The minimum Gasteiger partial charge on any atom is -0.392 e. The summed E-state index contributed by atoms with van der Waals surface area (Å²) in [5.41, 5.74) is 1.16. The first kappa shape index (κ1) is 13.0. The Hall–Kier alpha value is -1.09. The summed E-state index contributed by atoms with van der Waals surface area (Å²) in [5.74, 6) is 0.244. The van der Waals surface area contributed by atoms with E-state index in [0.717, 1.165) is 13.0 Å². The molecule has 16 heavy (non-hydrogen) atoms. The van der Waals surface area contributed by atoms with E-state index in [-0.39, 0.29) is 12.4 Å². The molecule has 2 nitrogen and oxygen atoms in total. The fourth-order valence-electron chi connectivity index (χ4n) is 1.80. The van der Waals surface area contributed by atoms with Crippen molar-refractivity contribution in [3.8, 4) is 0 Å². The first-order valence-electron chi connectivity index (χ1n) is 5.69. The van der Waals surface area contributed by atoms with Gasteiger partial charge in [0.15, 0.2) is 0 Å². The Morgan fingerprint density at radius 1 is 1.44 bits per heavy atom. The zero-order chi connectivity index (χ0) is 12.1. The van der Waals surface area contributed by atoms with E-state index in [9.17, 15) is 9.50 Å². The summed E-state index contributed by atoms with van der Waals surface area (Å²) in [4.78, 5) is 1.88. The van der Waals surface area contributed by atoms with Crippen molar-refractivity contribution in [1.82, 2.24) is 0 Å². The molecule has 0 spiro atoms. The lowest BCUT2D eigenvalue weighted by molar-refractivity contribution is 0.281. The van der Waals surface area contributed by atoms with E-state index in [0.29, 0.717) is 17.2 Å². The number of nitrogens with zero attached hydrogens (tertiary/aromatic N) is 1. The van der Waals surface area contributed by atoms with E-state index in [1.165, 1.54) is 6.07 Å². The van der Waals surface area contributed by atoms with Crippen molar-refractivity contribution in [3.63, 3.8) is 0 Å². The molecule has 0 aliphatic rings. The maximum atomic E-state index is 13.7. The number of hydrogen-bond donors (Lipinski definition) is 1. The molecule has 0 radical (unpaired) electrons. The average Bonchev–Trinajstić information content (AvgIpc) is 2.28. The molecule has 0 aromatic heterocycles. The first-order valence-corrected chi connectivity index (χ1v) is 5.69. The Morgan fingerprint density at radius 3 is 2.69 bits per heavy atom. The number of halogens is 1. The van der Waals surface area contributed by atoms with Crippen LogP contribution < -0.4 is 4.90 Å². The van der Waals surface area contributed by atoms with E-state index < -0.39 is 0 Å². The van der Waals surface area contributed by atoms with E-state index in [4.69, 9.17) is 0 Å². The van der Waals surface area contributed by atoms with Gasteiger partial charge in [0.05, 0.1) is 12.3 Å². The van der Waals surface area contributed by atoms with Crippen molar-refractivity contribution >= 4 is 5.69 Å². The minimum absolute atomic E-state index is 0.127. The Bertz CT molecular complexity index is 341. The second-order valence-corrected chi connectivity index (χ2v) is 4.30. The number of rotatable bonds is 5. The van der Waals surface area contributed by atoms with Crippen LogP contribution >= 0.6 is 0 Å². The van der Waals surface area contributed by atoms with Gasteiger partial charge in [-0.05, 0) is 12.0 Å². The second kappa shape index (κ2) is 5.85.